The van der Waals surface area contributed by atoms with Gasteiger partial charge in [-0.15, -0.1) is 0 Å². The van der Waals surface area contributed by atoms with Crippen LogP contribution in [0.15, 0.2) is 47.4 Å². The van der Waals surface area contributed by atoms with Gasteiger partial charge in [0.1, 0.15) is 17.5 Å². The van der Waals surface area contributed by atoms with E-state index in [1.165, 1.54) is 19.3 Å². The number of piperidine rings is 2. The van der Waals surface area contributed by atoms with Gasteiger partial charge >= 0.3 is 0 Å². The molecule has 1 unspecified atom stereocenters. The summed E-state index contributed by atoms with van der Waals surface area (Å²) in [5.74, 6) is 0.293. The van der Waals surface area contributed by atoms with E-state index in [0.29, 0.717) is 47.7 Å². The average Bonchev–Trinajstić information content (AvgIpc) is 3.40. The Morgan fingerprint density at radius 2 is 1.67 bits per heavy atom. The van der Waals surface area contributed by atoms with E-state index in [4.69, 9.17) is 9.47 Å². The number of anilines is 1. The molecule has 13 heteroatoms. The summed E-state index contributed by atoms with van der Waals surface area (Å²) >= 11 is 0. The van der Waals surface area contributed by atoms with Gasteiger partial charge in [-0.05, 0) is 79.4 Å². The van der Waals surface area contributed by atoms with Crippen LogP contribution in [-0.2, 0) is 29.7 Å². The van der Waals surface area contributed by atoms with Gasteiger partial charge in [0.15, 0.2) is 0 Å². The topological polar surface area (TPSA) is 113 Å². The first-order valence-electron chi connectivity index (χ1n) is 16.5. The molecule has 260 valence electrons. The molecule has 0 bridgehead atoms. The summed E-state index contributed by atoms with van der Waals surface area (Å²) in [4.78, 5) is 55.8. The number of halogens is 2. The molecule has 7 rings (SSSR count). The first kappa shape index (κ1) is 32.8. The number of hydrogen-bond acceptors (Lipinski definition) is 8. The van der Waals surface area contributed by atoms with E-state index in [1.54, 1.807) is 31.3 Å². The lowest BCUT2D eigenvalue weighted by molar-refractivity contribution is -0.136. The van der Waals surface area contributed by atoms with Crippen LogP contribution in [0.3, 0.4) is 0 Å². The summed E-state index contributed by atoms with van der Waals surface area (Å²) in [6, 6.07) is 10.2. The minimum Gasteiger partial charge on any atom is -0.496 e. The van der Waals surface area contributed by atoms with Crippen molar-refractivity contribution < 1.29 is 34.1 Å². The van der Waals surface area contributed by atoms with E-state index < -0.39 is 29.5 Å². The molecule has 1 atom stereocenters. The number of aromatic nitrogens is 1. The van der Waals surface area contributed by atoms with Crippen molar-refractivity contribution in [2.45, 2.75) is 51.2 Å². The Hall–Kier alpha value is -4.78. The number of alkyl halides is 2. The SMILES string of the molecule is COc1cc(-c2cc(C(F)F)c(=O)n(C)c2)cc(OC)c1CN1CCC2(CC1)CN(c1ccc3c(c1)C(=O)N(C1CCC(=O)NC1=O)C3)C2.[HH]. The molecule has 3 fully saturated rings. The van der Waals surface area contributed by atoms with Crippen LogP contribution in [0.2, 0.25) is 0 Å². The number of likely N-dealkylation sites (tertiary alicyclic amines) is 1. The number of hydrogen-bond donors (Lipinski definition) is 1. The second-order valence-electron chi connectivity index (χ2n) is 13.6. The maximum absolute atomic E-state index is 13.6. The number of fused-ring (bicyclic) bond motifs is 1. The molecule has 0 radical (unpaired) electrons. The molecule has 3 saturated heterocycles. The van der Waals surface area contributed by atoms with Gasteiger partial charge in [-0.25, -0.2) is 8.78 Å². The second-order valence-corrected chi connectivity index (χ2v) is 13.6. The fraction of sp³-hybridized carbons (Fsp3) is 0.444. The van der Waals surface area contributed by atoms with Gasteiger partial charge < -0.3 is 23.8 Å². The van der Waals surface area contributed by atoms with Gasteiger partial charge in [0.2, 0.25) is 11.8 Å². The van der Waals surface area contributed by atoms with Crippen molar-refractivity contribution in [3.63, 3.8) is 0 Å². The third kappa shape index (κ3) is 5.94. The zero-order valence-electron chi connectivity index (χ0n) is 27.8. The summed E-state index contributed by atoms with van der Waals surface area (Å²) in [6.07, 6.45) is 1.23. The highest BCUT2D eigenvalue weighted by atomic mass is 19.3. The number of aryl methyl sites for hydroxylation is 1. The fourth-order valence-electron chi connectivity index (χ4n) is 7.77. The molecule has 5 heterocycles. The minimum atomic E-state index is -2.89. The normalized spacial score (nSPS) is 20.4. The number of imide groups is 1. The highest BCUT2D eigenvalue weighted by Gasteiger charge is 2.46. The maximum atomic E-state index is 13.6. The van der Waals surface area contributed by atoms with Gasteiger partial charge in [-0.3, -0.25) is 29.4 Å². The Kier molecular flexibility index (Phi) is 8.42. The van der Waals surface area contributed by atoms with Gasteiger partial charge in [-0.2, -0.15) is 0 Å². The number of carbonyl (C=O) groups excluding carboxylic acids is 3. The molecule has 1 N–H and O–H groups in total. The quantitative estimate of drug-likeness (QED) is 0.355. The Bertz CT molecular complexity index is 1880. The molecule has 1 spiro atoms. The summed E-state index contributed by atoms with van der Waals surface area (Å²) in [7, 11) is 4.59. The number of benzene rings is 2. The van der Waals surface area contributed by atoms with Crippen molar-refractivity contribution in [2.75, 3.05) is 45.3 Å². The van der Waals surface area contributed by atoms with Crippen molar-refractivity contribution in [3.8, 4) is 22.6 Å². The van der Waals surface area contributed by atoms with Gasteiger partial charge in [0.05, 0.1) is 25.3 Å². The lowest BCUT2D eigenvalue weighted by Gasteiger charge is -2.55. The predicted molar refractivity (Wildman–Crippen MR) is 179 cm³/mol. The molecule has 4 aliphatic rings. The third-order valence-corrected chi connectivity index (χ3v) is 10.6. The number of pyridine rings is 1. The number of nitrogens with zero attached hydrogens (tertiary/aromatic N) is 4. The Morgan fingerprint density at radius 3 is 2.31 bits per heavy atom. The lowest BCUT2D eigenvalue weighted by atomic mass is 9.71. The zero-order chi connectivity index (χ0) is 34.6. The largest absolute Gasteiger partial charge is 0.496 e. The standard InChI is InChI=1S/C36H39F2N5O6.H2/c1-40-16-23(12-26(32(37)38)34(40)46)22-13-29(48-2)27(30(14-22)49-3)18-41-10-8-36(9-11-41)19-42(20-36)24-5-4-21-17-43(35(47)25(21)15-24)28-6-7-31(44)39-33(28)45;/h4-5,12-16,28,32H,6-11,17-20H2,1-3H3,(H,39,44,45);1H. The van der Waals surface area contributed by atoms with Crippen LogP contribution in [0.25, 0.3) is 11.1 Å². The molecular formula is C36H41F2N5O6. The van der Waals surface area contributed by atoms with E-state index in [2.05, 4.69) is 15.1 Å². The lowest BCUT2D eigenvalue weighted by Crippen LogP contribution is -2.60. The van der Waals surface area contributed by atoms with Crippen LogP contribution in [0.4, 0.5) is 14.5 Å². The highest BCUT2D eigenvalue weighted by Crippen LogP contribution is 2.45. The molecule has 11 nitrogen and oxygen atoms in total. The van der Waals surface area contributed by atoms with Gasteiger partial charge in [0.25, 0.3) is 17.9 Å². The number of nitrogens with one attached hydrogen (secondary N) is 1. The van der Waals surface area contributed by atoms with E-state index in [9.17, 15) is 28.0 Å². The Labute approximate surface area is 283 Å². The van der Waals surface area contributed by atoms with Crippen molar-refractivity contribution in [1.82, 2.24) is 19.7 Å². The first-order valence-corrected chi connectivity index (χ1v) is 16.5. The van der Waals surface area contributed by atoms with E-state index in [0.717, 1.165) is 60.4 Å². The molecule has 3 aromatic rings. The average molecular weight is 678 g/mol. The van der Waals surface area contributed by atoms with E-state index >= 15 is 0 Å². The Morgan fingerprint density at radius 1 is 0.980 bits per heavy atom. The fourth-order valence-corrected chi connectivity index (χ4v) is 7.77. The molecular weight excluding hydrogens is 636 g/mol. The van der Waals surface area contributed by atoms with Crippen molar-refractivity contribution >= 4 is 23.4 Å². The van der Waals surface area contributed by atoms with Crippen LogP contribution in [0.1, 0.15) is 60.6 Å². The summed E-state index contributed by atoms with van der Waals surface area (Å²) in [5, 5.41) is 2.35. The molecule has 0 saturated carbocycles. The number of ether oxygens (including phenoxy) is 2. The third-order valence-electron chi connectivity index (χ3n) is 10.6. The van der Waals surface area contributed by atoms with E-state index in [-0.39, 0.29) is 25.1 Å². The van der Waals surface area contributed by atoms with Crippen LogP contribution < -0.4 is 25.2 Å². The first-order chi connectivity index (χ1) is 23.5. The summed E-state index contributed by atoms with van der Waals surface area (Å²) in [5.41, 5.74) is 3.36. The summed E-state index contributed by atoms with van der Waals surface area (Å²) in [6.45, 7) is 4.51. The van der Waals surface area contributed by atoms with Crippen LogP contribution in [0.5, 0.6) is 11.5 Å². The number of rotatable bonds is 8. The van der Waals surface area contributed by atoms with Crippen molar-refractivity contribution in [3.05, 3.63) is 75.2 Å². The monoisotopic (exact) mass is 677 g/mol. The highest BCUT2D eigenvalue weighted by molar-refractivity contribution is 6.05. The van der Waals surface area contributed by atoms with Gasteiger partial charge in [-0.1, -0.05) is 6.07 Å². The van der Waals surface area contributed by atoms with Gasteiger partial charge in [0, 0.05) is 63.9 Å². The van der Waals surface area contributed by atoms with Crippen molar-refractivity contribution in [2.24, 2.45) is 12.5 Å². The molecule has 49 heavy (non-hydrogen) atoms. The minimum absolute atomic E-state index is 0. The zero-order valence-corrected chi connectivity index (χ0v) is 27.8. The number of methoxy groups -OCH3 is 2. The number of carbonyl (C=O) groups is 3. The molecule has 2 aromatic carbocycles. The number of amides is 3. The smallest absolute Gasteiger partial charge is 0.269 e. The maximum Gasteiger partial charge on any atom is 0.269 e. The van der Waals surface area contributed by atoms with E-state index in [1.807, 2.05) is 18.2 Å². The molecule has 3 amide bonds. The second kappa shape index (κ2) is 12.6. The predicted octanol–water partition coefficient (Wildman–Crippen LogP) is 4.12. The van der Waals surface area contributed by atoms with Crippen LogP contribution in [0, 0.1) is 5.41 Å². The molecule has 4 aliphatic heterocycles. The molecule has 0 aliphatic carbocycles. The Balaban J connectivity index is 0.00000432. The summed E-state index contributed by atoms with van der Waals surface area (Å²) < 4.78 is 39.8. The van der Waals surface area contributed by atoms with Crippen LogP contribution >= 0.6 is 0 Å². The van der Waals surface area contributed by atoms with Crippen LogP contribution in [-0.4, -0.2) is 78.5 Å². The molecule has 1 aromatic heterocycles. The van der Waals surface area contributed by atoms with Crippen molar-refractivity contribution in [1.29, 1.82) is 0 Å².